The van der Waals surface area contributed by atoms with Crippen LogP contribution in [0.15, 0.2) is 0 Å². The summed E-state index contributed by atoms with van der Waals surface area (Å²) in [6.45, 7) is 2.22. The van der Waals surface area contributed by atoms with Crippen molar-refractivity contribution < 1.29 is 10.2 Å². The van der Waals surface area contributed by atoms with E-state index in [0.29, 0.717) is 0 Å². The van der Waals surface area contributed by atoms with Crippen LogP contribution in [0, 0.1) is 0 Å². The van der Waals surface area contributed by atoms with E-state index >= 15 is 0 Å². The van der Waals surface area contributed by atoms with Gasteiger partial charge in [-0.2, -0.15) is 0 Å². The van der Waals surface area contributed by atoms with Crippen molar-refractivity contribution >= 4 is 0 Å². The molecular weight excluding hydrogens is 180 g/mol. The molecule has 0 aromatic rings. The zero-order valence-corrected chi connectivity index (χ0v) is 9.45. The molecule has 0 aliphatic heterocycles. The zero-order chi connectivity index (χ0) is 10.8. The molecule has 0 aliphatic carbocycles. The van der Waals surface area contributed by atoms with Crippen LogP contribution in [0.25, 0.3) is 0 Å². The van der Waals surface area contributed by atoms with Crippen molar-refractivity contribution in [2.45, 2.75) is 25.7 Å². The Morgan fingerprint density at radius 2 is 1.07 bits per heavy atom. The van der Waals surface area contributed by atoms with E-state index in [9.17, 15) is 0 Å². The Bertz CT molecular complexity index is 109. The SMILES string of the molecule is CN(CO)CCCCCCN(C)CO. The summed E-state index contributed by atoms with van der Waals surface area (Å²) < 4.78 is 0. The number of hydrogen-bond donors (Lipinski definition) is 2. The van der Waals surface area contributed by atoms with E-state index in [1.54, 1.807) is 0 Å². The molecule has 86 valence electrons. The summed E-state index contributed by atoms with van der Waals surface area (Å²) in [6.07, 6.45) is 4.67. The van der Waals surface area contributed by atoms with Crippen LogP contribution in [-0.4, -0.2) is 60.7 Å². The average molecular weight is 204 g/mol. The highest BCUT2D eigenvalue weighted by atomic mass is 16.3. The first-order valence-electron chi connectivity index (χ1n) is 5.29. The predicted molar refractivity (Wildman–Crippen MR) is 57.9 cm³/mol. The lowest BCUT2D eigenvalue weighted by Crippen LogP contribution is -2.21. The standard InChI is InChI=1S/C10H24N2O2/c1-11(9-13)7-5-3-4-6-8-12(2)10-14/h13-14H,3-10H2,1-2H3. The van der Waals surface area contributed by atoms with Gasteiger partial charge in [-0.25, -0.2) is 0 Å². The van der Waals surface area contributed by atoms with Gasteiger partial charge >= 0.3 is 0 Å². The molecular formula is C10H24N2O2. The summed E-state index contributed by atoms with van der Waals surface area (Å²) in [4.78, 5) is 3.81. The lowest BCUT2D eigenvalue weighted by atomic mass is 10.2. The molecule has 0 aliphatic rings. The van der Waals surface area contributed by atoms with Gasteiger partial charge < -0.3 is 10.2 Å². The fraction of sp³-hybridized carbons (Fsp3) is 1.00. The summed E-state index contributed by atoms with van der Waals surface area (Å²) >= 11 is 0. The van der Waals surface area contributed by atoms with Crippen LogP contribution in [0.5, 0.6) is 0 Å². The first kappa shape index (κ1) is 13.8. The van der Waals surface area contributed by atoms with Crippen LogP contribution in [0.1, 0.15) is 25.7 Å². The Morgan fingerprint density at radius 1 is 0.714 bits per heavy atom. The molecule has 0 bridgehead atoms. The third kappa shape index (κ3) is 8.44. The maximum atomic E-state index is 8.73. The Kier molecular flexibility index (Phi) is 9.29. The van der Waals surface area contributed by atoms with E-state index in [4.69, 9.17) is 10.2 Å². The van der Waals surface area contributed by atoms with Gasteiger partial charge in [0, 0.05) is 0 Å². The number of nitrogens with zero attached hydrogens (tertiary/aromatic N) is 2. The van der Waals surface area contributed by atoms with Crippen LogP contribution >= 0.6 is 0 Å². The van der Waals surface area contributed by atoms with Crippen molar-refractivity contribution in [2.24, 2.45) is 0 Å². The van der Waals surface area contributed by atoms with Gasteiger partial charge in [0.05, 0.1) is 13.5 Å². The van der Waals surface area contributed by atoms with Crippen molar-refractivity contribution in [2.75, 3.05) is 40.6 Å². The molecule has 0 radical (unpaired) electrons. The molecule has 0 aromatic carbocycles. The minimum atomic E-state index is 0.146. The van der Waals surface area contributed by atoms with Crippen LogP contribution in [0.4, 0.5) is 0 Å². The van der Waals surface area contributed by atoms with Crippen molar-refractivity contribution in [1.82, 2.24) is 9.80 Å². The minimum absolute atomic E-state index is 0.146. The molecule has 0 unspecified atom stereocenters. The van der Waals surface area contributed by atoms with E-state index < -0.39 is 0 Å². The molecule has 2 N–H and O–H groups in total. The van der Waals surface area contributed by atoms with Gasteiger partial charge in [0.2, 0.25) is 0 Å². The highest BCUT2D eigenvalue weighted by Crippen LogP contribution is 2.01. The number of hydrogen-bond acceptors (Lipinski definition) is 4. The number of aliphatic hydroxyl groups is 2. The largest absolute Gasteiger partial charge is 0.381 e. The molecule has 0 saturated carbocycles. The number of rotatable bonds is 9. The highest BCUT2D eigenvalue weighted by Gasteiger charge is 1.97. The van der Waals surface area contributed by atoms with Gasteiger partial charge in [0.15, 0.2) is 0 Å². The maximum absolute atomic E-state index is 8.73. The highest BCUT2D eigenvalue weighted by molar-refractivity contribution is 4.50. The van der Waals surface area contributed by atoms with Gasteiger partial charge in [-0.3, -0.25) is 9.80 Å². The van der Waals surface area contributed by atoms with E-state index in [0.717, 1.165) is 25.9 Å². The molecule has 0 heterocycles. The minimum Gasteiger partial charge on any atom is -0.381 e. The number of aliphatic hydroxyl groups excluding tert-OH is 2. The predicted octanol–water partition coefficient (Wildman–Crippen LogP) is 0.310. The quantitative estimate of drug-likeness (QED) is 0.419. The summed E-state index contributed by atoms with van der Waals surface area (Å²) in [6, 6.07) is 0. The van der Waals surface area contributed by atoms with E-state index in [1.807, 2.05) is 23.9 Å². The van der Waals surface area contributed by atoms with Gasteiger partial charge in [0.1, 0.15) is 0 Å². The summed E-state index contributed by atoms with van der Waals surface area (Å²) in [5.74, 6) is 0. The van der Waals surface area contributed by atoms with Crippen molar-refractivity contribution in [3.63, 3.8) is 0 Å². The molecule has 14 heavy (non-hydrogen) atoms. The molecule has 0 atom stereocenters. The van der Waals surface area contributed by atoms with E-state index in [2.05, 4.69) is 0 Å². The molecule has 4 nitrogen and oxygen atoms in total. The second-order valence-corrected chi connectivity index (χ2v) is 3.86. The molecule has 4 heteroatoms. The lowest BCUT2D eigenvalue weighted by Gasteiger charge is -2.13. The summed E-state index contributed by atoms with van der Waals surface area (Å²) in [7, 11) is 3.83. The second-order valence-electron chi connectivity index (χ2n) is 3.86. The fourth-order valence-electron chi connectivity index (χ4n) is 1.26. The molecule has 0 amide bonds. The molecule has 0 saturated heterocycles. The Balaban J connectivity index is 3.06. The van der Waals surface area contributed by atoms with Crippen LogP contribution in [0.3, 0.4) is 0 Å². The van der Waals surface area contributed by atoms with Gasteiger partial charge in [0.25, 0.3) is 0 Å². The second kappa shape index (κ2) is 9.40. The van der Waals surface area contributed by atoms with Crippen molar-refractivity contribution in [3.05, 3.63) is 0 Å². The molecule has 0 spiro atoms. The monoisotopic (exact) mass is 204 g/mol. The normalized spacial score (nSPS) is 11.6. The fourth-order valence-corrected chi connectivity index (χ4v) is 1.26. The average Bonchev–Trinajstić information content (AvgIpc) is 2.22. The first-order valence-corrected chi connectivity index (χ1v) is 5.29. The molecule has 0 fully saturated rings. The van der Waals surface area contributed by atoms with Gasteiger partial charge in [-0.15, -0.1) is 0 Å². The Hall–Kier alpha value is -0.160. The number of unbranched alkanes of at least 4 members (excludes halogenated alkanes) is 3. The zero-order valence-electron chi connectivity index (χ0n) is 9.45. The van der Waals surface area contributed by atoms with Crippen molar-refractivity contribution in [3.8, 4) is 0 Å². The van der Waals surface area contributed by atoms with Crippen LogP contribution in [-0.2, 0) is 0 Å². The van der Waals surface area contributed by atoms with Crippen LogP contribution in [0.2, 0.25) is 0 Å². The summed E-state index contributed by atoms with van der Waals surface area (Å²) in [5, 5.41) is 17.5. The topological polar surface area (TPSA) is 46.9 Å². The van der Waals surface area contributed by atoms with Crippen molar-refractivity contribution in [1.29, 1.82) is 0 Å². The third-order valence-electron chi connectivity index (χ3n) is 2.31. The Morgan fingerprint density at radius 3 is 1.36 bits per heavy atom. The smallest absolute Gasteiger partial charge is 0.0954 e. The maximum Gasteiger partial charge on any atom is 0.0954 e. The molecule has 0 rings (SSSR count). The van der Waals surface area contributed by atoms with Crippen LogP contribution < -0.4 is 0 Å². The van der Waals surface area contributed by atoms with Gasteiger partial charge in [-0.05, 0) is 40.0 Å². The van der Waals surface area contributed by atoms with E-state index in [-0.39, 0.29) is 13.5 Å². The summed E-state index contributed by atoms with van der Waals surface area (Å²) in [5.41, 5.74) is 0. The lowest BCUT2D eigenvalue weighted by molar-refractivity contribution is 0.127. The molecule has 0 aromatic heterocycles. The third-order valence-corrected chi connectivity index (χ3v) is 2.31. The first-order chi connectivity index (χ1) is 6.70. The van der Waals surface area contributed by atoms with E-state index in [1.165, 1.54) is 12.8 Å². The Labute approximate surface area is 87.1 Å². The van der Waals surface area contributed by atoms with Gasteiger partial charge in [-0.1, -0.05) is 12.8 Å².